The predicted octanol–water partition coefficient (Wildman–Crippen LogP) is 2.37. The van der Waals surface area contributed by atoms with Gasteiger partial charge >= 0.3 is 0 Å². The summed E-state index contributed by atoms with van der Waals surface area (Å²) in [6.45, 7) is 1.07. The topological polar surface area (TPSA) is 12.0 Å². The van der Waals surface area contributed by atoms with Crippen molar-refractivity contribution in [1.29, 1.82) is 0 Å². The normalized spacial score (nSPS) is 18.1. The lowest BCUT2D eigenvalue weighted by molar-refractivity contribution is 0.478. The molecule has 14 heavy (non-hydrogen) atoms. The minimum absolute atomic E-state index is 0.146. The van der Waals surface area contributed by atoms with Crippen molar-refractivity contribution >= 4 is 0 Å². The average Bonchev–Trinajstić information content (AvgIpc) is 2.90. The summed E-state index contributed by atoms with van der Waals surface area (Å²) in [5, 5.41) is 3.23. The largest absolute Gasteiger partial charge is 0.319 e. The summed E-state index contributed by atoms with van der Waals surface area (Å²) in [6.07, 6.45) is 3.67. The van der Waals surface area contributed by atoms with Crippen molar-refractivity contribution in [1.82, 2.24) is 5.32 Å². The van der Waals surface area contributed by atoms with Crippen LogP contribution in [0.5, 0.6) is 0 Å². The summed E-state index contributed by atoms with van der Waals surface area (Å²) in [5.41, 5.74) is 1.71. The maximum absolute atomic E-state index is 12.7. The van der Waals surface area contributed by atoms with Crippen LogP contribution in [0.1, 0.15) is 18.4 Å². The van der Waals surface area contributed by atoms with Gasteiger partial charge in [-0.15, -0.1) is 0 Å². The molecule has 0 unspecified atom stereocenters. The van der Waals surface area contributed by atoms with Gasteiger partial charge in [0, 0.05) is 6.54 Å². The molecular formula is C12H16FN. The molecule has 0 spiro atoms. The number of hydrogen-bond acceptors (Lipinski definition) is 1. The van der Waals surface area contributed by atoms with Gasteiger partial charge in [-0.2, -0.15) is 0 Å². The van der Waals surface area contributed by atoms with E-state index in [0.29, 0.717) is 5.41 Å². The van der Waals surface area contributed by atoms with E-state index in [1.807, 2.05) is 19.2 Å². The molecule has 1 nitrogen and oxygen atoms in total. The Hall–Kier alpha value is -0.890. The van der Waals surface area contributed by atoms with Gasteiger partial charge in [0.25, 0.3) is 0 Å². The summed E-state index contributed by atoms with van der Waals surface area (Å²) in [6, 6.07) is 6.88. The number of hydrogen-bond donors (Lipinski definition) is 1. The zero-order chi connectivity index (χ0) is 10.0. The van der Waals surface area contributed by atoms with E-state index in [9.17, 15) is 4.39 Å². The molecule has 1 aliphatic rings. The van der Waals surface area contributed by atoms with Crippen molar-refractivity contribution in [2.24, 2.45) is 5.41 Å². The molecule has 2 rings (SSSR count). The average molecular weight is 193 g/mol. The minimum atomic E-state index is -0.146. The maximum atomic E-state index is 12.7. The van der Waals surface area contributed by atoms with Gasteiger partial charge in [0.2, 0.25) is 0 Å². The summed E-state index contributed by atoms with van der Waals surface area (Å²) in [5.74, 6) is -0.146. The molecule has 1 aliphatic carbocycles. The highest BCUT2D eigenvalue weighted by molar-refractivity contribution is 5.19. The van der Waals surface area contributed by atoms with Crippen molar-refractivity contribution in [3.05, 3.63) is 35.6 Å². The Labute approximate surface area is 84.3 Å². The SMILES string of the molecule is CNCC1(Cc2ccc(F)cc2)CC1. The van der Waals surface area contributed by atoms with Crippen molar-refractivity contribution in [2.45, 2.75) is 19.3 Å². The summed E-state index contributed by atoms with van der Waals surface area (Å²) in [7, 11) is 1.99. The van der Waals surface area contributed by atoms with Gasteiger partial charge < -0.3 is 5.32 Å². The van der Waals surface area contributed by atoms with Crippen LogP contribution in [0.15, 0.2) is 24.3 Å². The first kappa shape index (κ1) is 9.66. The van der Waals surface area contributed by atoms with Crippen LogP contribution in [-0.2, 0) is 6.42 Å². The first-order valence-electron chi connectivity index (χ1n) is 5.13. The first-order valence-corrected chi connectivity index (χ1v) is 5.13. The molecule has 0 radical (unpaired) electrons. The van der Waals surface area contributed by atoms with Crippen LogP contribution in [0.2, 0.25) is 0 Å². The molecule has 0 bridgehead atoms. The van der Waals surface area contributed by atoms with Gasteiger partial charge in [-0.3, -0.25) is 0 Å². The quantitative estimate of drug-likeness (QED) is 0.774. The molecular weight excluding hydrogens is 177 g/mol. The van der Waals surface area contributed by atoms with E-state index in [0.717, 1.165) is 13.0 Å². The standard InChI is InChI=1S/C12H16FN/c1-14-9-12(6-7-12)8-10-2-4-11(13)5-3-10/h2-5,14H,6-9H2,1H3. The summed E-state index contributed by atoms with van der Waals surface area (Å²) < 4.78 is 12.7. The second kappa shape index (κ2) is 3.70. The number of benzene rings is 1. The Morgan fingerprint density at radius 2 is 1.93 bits per heavy atom. The third-order valence-electron chi connectivity index (χ3n) is 3.00. The van der Waals surface area contributed by atoms with Crippen LogP contribution >= 0.6 is 0 Å². The third-order valence-corrected chi connectivity index (χ3v) is 3.00. The van der Waals surface area contributed by atoms with E-state index in [4.69, 9.17) is 0 Å². The molecule has 1 aromatic rings. The van der Waals surface area contributed by atoms with Crippen LogP contribution in [-0.4, -0.2) is 13.6 Å². The highest BCUT2D eigenvalue weighted by Gasteiger charge is 2.41. The molecule has 1 fully saturated rings. The van der Waals surface area contributed by atoms with E-state index < -0.39 is 0 Å². The van der Waals surface area contributed by atoms with Crippen molar-refractivity contribution < 1.29 is 4.39 Å². The minimum Gasteiger partial charge on any atom is -0.319 e. The van der Waals surface area contributed by atoms with Gasteiger partial charge in [-0.05, 0) is 49.4 Å². The Kier molecular flexibility index (Phi) is 2.55. The second-order valence-corrected chi connectivity index (χ2v) is 4.33. The van der Waals surface area contributed by atoms with Crippen LogP contribution < -0.4 is 5.32 Å². The molecule has 0 saturated heterocycles. The highest BCUT2D eigenvalue weighted by atomic mass is 19.1. The van der Waals surface area contributed by atoms with E-state index >= 15 is 0 Å². The number of rotatable bonds is 4. The molecule has 0 atom stereocenters. The van der Waals surface area contributed by atoms with Gasteiger partial charge in [0.05, 0.1) is 0 Å². The van der Waals surface area contributed by atoms with Crippen LogP contribution in [0, 0.1) is 11.2 Å². The number of halogens is 1. The lowest BCUT2D eigenvalue weighted by Crippen LogP contribution is -2.21. The Bertz CT molecular complexity index is 301. The monoisotopic (exact) mass is 193 g/mol. The second-order valence-electron chi connectivity index (χ2n) is 4.33. The molecule has 0 aromatic heterocycles. The van der Waals surface area contributed by atoms with Gasteiger partial charge in [0.15, 0.2) is 0 Å². The van der Waals surface area contributed by atoms with Gasteiger partial charge in [-0.25, -0.2) is 4.39 Å². The fraction of sp³-hybridized carbons (Fsp3) is 0.500. The van der Waals surface area contributed by atoms with E-state index in [2.05, 4.69) is 5.32 Å². The van der Waals surface area contributed by atoms with E-state index in [1.165, 1.54) is 18.4 Å². The number of nitrogens with one attached hydrogen (secondary N) is 1. The van der Waals surface area contributed by atoms with Crippen molar-refractivity contribution in [3.63, 3.8) is 0 Å². The van der Waals surface area contributed by atoms with Gasteiger partial charge in [-0.1, -0.05) is 12.1 Å². The lowest BCUT2D eigenvalue weighted by Gasteiger charge is -2.14. The molecule has 1 N–H and O–H groups in total. The van der Waals surface area contributed by atoms with E-state index in [-0.39, 0.29) is 5.82 Å². The van der Waals surface area contributed by atoms with Gasteiger partial charge in [0.1, 0.15) is 5.82 Å². The fourth-order valence-electron chi connectivity index (χ4n) is 2.00. The fourth-order valence-corrected chi connectivity index (χ4v) is 2.00. The third kappa shape index (κ3) is 2.13. The molecule has 1 saturated carbocycles. The molecule has 0 heterocycles. The Balaban J connectivity index is 2.00. The maximum Gasteiger partial charge on any atom is 0.123 e. The highest BCUT2D eigenvalue weighted by Crippen LogP contribution is 2.47. The molecule has 76 valence electrons. The zero-order valence-electron chi connectivity index (χ0n) is 8.52. The van der Waals surface area contributed by atoms with Crippen LogP contribution in [0.4, 0.5) is 4.39 Å². The summed E-state index contributed by atoms with van der Waals surface area (Å²) >= 11 is 0. The smallest absolute Gasteiger partial charge is 0.123 e. The molecule has 1 aromatic carbocycles. The molecule has 0 aliphatic heterocycles. The Morgan fingerprint density at radius 3 is 2.43 bits per heavy atom. The molecule has 2 heteroatoms. The van der Waals surface area contributed by atoms with E-state index in [1.54, 1.807) is 12.1 Å². The zero-order valence-corrected chi connectivity index (χ0v) is 8.52. The van der Waals surface area contributed by atoms with Crippen LogP contribution in [0.25, 0.3) is 0 Å². The molecule has 0 amide bonds. The predicted molar refractivity (Wildman–Crippen MR) is 55.7 cm³/mol. The first-order chi connectivity index (χ1) is 6.74. The van der Waals surface area contributed by atoms with Crippen molar-refractivity contribution in [2.75, 3.05) is 13.6 Å². The van der Waals surface area contributed by atoms with Crippen molar-refractivity contribution in [3.8, 4) is 0 Å². The Morgan fingerprint density at radius 1 is 1.29 bits per heavy atom. The lowest BCUT2D eigenvalue weighted by atomic mass is 9.96. The van der Waals surface area contributed by atoms with Crippen LogP contribution in [0.3, 0.4) is 0 Å². The summed E-state index contributed by atoms with van der Waals surface area (Å²) in [4.78, 5) is 0.